The van der Waals surface area contributed by atoms with Gasteiger partial charge in [0.2, 0.25) is 5.71 Å². The van der Waals surface area contributed by atoms with E-state index in [1.54, 1.807) is 12.3 Å². The molecule has 0 saturated carbocycles. The van der Waals surface area contributed by atoms with Gasteiger partial charge in [-0.05, 0) is 46.0 Å². The van der Waals surface area contributed by atoms with E-state index in [1.807, 2.05) is 35.9 Å². The van der Waals surface area contributed by atoms with E-state index in [2.05, 4.69) is 45.6 Å². The number of aryl methyl sites for hydroxylation is 1. The summed E-state index contributed by atoms with van der Waals surface area (Å²) in [5.74, 6) is 0.833. The number of pyridine rings is 1. The van der Waals surface area contributed by atoms with Gasteiger partial charge in [-0.2, -0.15) is 4.98 Å². The lowest BCUT2D eigenvalue weighted by molar-refractivity contribution is 0.205. The van der Waals surface area contributed by atoms with Crippen molar-refractivity contribution >= 4 is 22.6 Å². The van der Waals surface area contributed by atoms with Gasteiger partial charge in [0.15, 0.2) is 5.65 Å². The van der Waals surface area contributed by atoms with Crippen LogP contribution in [0.25, 0.3) is 28.0 Å². The third-order valence-corrected chi connectivity index (χ3v) is 5.92. The molecule has 0 aliphatic carbocycles. The van der Waals surface area contributed by atoms with Gasteiger partial charge in [0.1, 0.15) is 5.82 Å². The first kappa shape index (κ1) is 18.7. The van der Waals surface area contributed by atoms with Crippen molar-refractivity contribution < 1.29 is 4.42 Å². The van der Waals surface area contributed by atoms with Crippen LogP contribution in [-0.4, -0.2) is 56.5 Å². The van der Waals surface area contributed by atoms with Crippen molar-refractivity contribution in [2.75, 3.05) is 25.0 Å². The Morgan fingerprint density at radius 1 is 1.10 bits per heavy atom. The number of fused-ring (bicyclic) bond motifs is 2. The van der Waals surface area contributed by atoms with Crippen LogP contribution in [0.4, 0.5) is 5.82 Å². The van der Waals surface area contributed by atoms with Crippen LogP contribution in [0.2, 0.25) is 0 Å². The largest absolute Gasteiger partial charge is 0.403 e. The molecule has 0 amide bonds. The van der Waals surface area contributed by atoms with Crippen LogP contribution in [0.15, 0.2) is 46.0 Å². The summed E-state index contributed by atoms with van der Waals surface area (Å²) in [7, 11) is 2.14. The van der Waals surface area contributed by atoms with Gasteiger partial charge in [-0.3, -0.25) is 9.88 Å². The predicted octanol–water partition coefficient (Wildman–Crippen LogP) is 2.73. The Kier molecular flexibility index (Phi) is 4.32. The summed E-state index contributed by atoms with van der Waals surface area (Å²) in [5.41, 5.74) is 2.44. The SMILES string of the molecule is Cc1cn2cc(-c3cc4ccc(N5CC(C)N(C)CC5C)nc4oc3=O)nc2cn1. The van der Waals surface area contributed by atoms with Crippen LogP contribution in [0.1, 0.15) is 19.5 Å². The summed E-state index contributed by atoms with van der Waals surface area (Å²) in [6.45, 7) is 8.15. The van der Waals surface area contributed by atoms with Crippen LogP contribution in [-0.2, 0) is 0 Å². The second-order valence-electron chi connectivity index (χ2n) is 8.22. The first-order valence-electron chi connectivity index (χ1n) is 10.1. The summed E-state index contributed by atoms with van der Waals surface area (Å²) in [4.78, 5) is 30.8. The Morgan fingerprint density at radius 2 is 1.93 bits per heavy atom. The van der Waals surface area contributed by atoms with Gasteiger partial charge < -0.3 is 13.7 Å². The van der Waals surface area contributed by atoms with E-state index in [-0.39, 0.29) is 0 Å². The fourth-order valence-corrected chi connectivity index (χ4v) is 4.08. The number of imidazole rings is 1. The minimum Gasteiger partial charge on any atom is -0.403 e. The van der Waals surface area contributed by atoms with Gasteiger partial charge in [-0.15, -0.1) is 0 Å². The number of hydrogen-bond donors (Lipinski definition) is 0. The highest BCUT2D eigenvalue weighted by Crippen LogP contribution is 2.25. The molecule has 5 heterocycles. The zero-order valence-corrected chi connectivity index (χ0v) is 17.5. The molecule has 30 heavy (non-hydrogen) atoms. The fraction of sp³-hybridized carbons (Fsp3) is 0.364. The molecule has 0 radical (unpaired) electrons. The molecule has 4 aromatic heterocycles. The zero-order chi connectivity index (χ0) is 21.0. The van der Waals surface area contributed by atoms with E-state index in [0.717, 1.165) is 30.0 Å². The molecule has 0 bridgehead atoms. The Labute approximate surface area is 173 Å². The van der Waals surface area contributed by atoms with Crippen LogP contribution >= 0.6 is 0 Å². The lowest BCUT2D eigenvalue weighted by atomic mass is 10.1. The molecule has 1 aliphatic heterocycles. The van der Waals surface area contributed by atoms with Crippen molar-refractivity contribution in [3.63, 3.8) is 0 Å². The van der Waals surface area contributed by atoms with Gasteiger partial charge in [0.05, 0.1) is 23.1 Å². The second kappa shape index (κ2) is 6.91. The lowest BCUT2D eigenvalue weighted by Crippen LogP contribution is -2.55. The normalized spacial score (nSPS) is 20.3. The topological polar surface area (TPSA) is 79.8 Å². The maximum atomic E-state index is 12.7. The second-order valence-corrected chi connectivity index (χ2v) is 8.22. The molecule has 1 fully saturated rings. The molecule has 2 atom stereocenters. The molecule has 1 saturated heterocycles. The highest BCUT2D eigenvalue weighted by Gasteiger charge is 2.27. The third-order valence-electron chi connectivity index (χ3n) is 5.92. The summed E-state index contributed by atoms with van der Waals surface area (Å²) >= 11 is 0. The Hall–Kier alpha value is -3.26. The summed E-state index contributed by atoms with van der Waals surface area (Å²) in [6, 6.07) is 6.52. The molecule has 8 heteroatoms. The molecule has 1 aliphatic rings. The number of anilines is 1. The number of rotatable bonds is 2. The van der Waals surface area contributed by atoms with Crippen molar-refractivity contribution in [1.29, 1.82) is 0 Å². The zero-order valence-electron chi connectivity index (χ0n) is 17.5. The number of piperazine rings is 1. The quantitative estimate of drug-likeness (QED) is 0.508. The number of nitrogens with zero attached hydrogens (tertiary/aromatic N) is 6. The molecule has 4 aromatic rings. The van der Waals surface area contributed by atoms with Gasteiger partial charge in [-0.25, -0.2) is 9.78 Å². The molecule has 154 valence electrons. The maximum Gasteiger partial charge on any atom is 0.347 e. The molecule has 8 nitrogen and oxygen atoms in total. The van der Waals surface area contributed by atoms with E-state index in [0.29, 0.717) is 34.7 Å². The minimum atomic E-state index is -0.444. The first-order valence-corrected chi connectivity index (χ1v) is 10.1. The minimum absolute atomic E-state index is 0.331. The van der Waals surface area contributed by atoms with Crippen LogP contribution in [0, 0.1) is 6.92 Å². The van der Waals surface area contributed by atoms with Gasteiger partial charge in [-0.1, -0.05) is 0 Å². The Bertz CT molecular complexity index is 1310. The summed E-state index contributed by atoms with van der Waals surface area (Å²) in [5, 5.41) is 0.773. The van der Waals surface area contributed by atoms with Crippen molar-refractivity contribution in [3.05, 3.63) is 52.9 Å². The summed E-state index contributed by atoms with van der Waals surface area (Å²) in [6.07, 6.45) is 5.38. The van der Waals surface area contributed by atoms with Crippen molar-refractivity contribution in [2.45, 2.75) is 32.9 Å². The molecule has 0 N–H and O–H groups in total. The average Bonchev–Trinajstić information content (AvgIpc) is 3.12. The van der Waals surface area contributed by atoms with Crippen molar-refractivity contribution in [1.82, 2.24) is 24.3 Å². The highest BCUT2D eigenvalue weighted by atomic mass is 16.4. The fourth-order valence-electron chi connectivity index (χ4n) is 4.08. The summed E-state index contributed by atoms with van der Waals surface area (Å²) < 4.78 is 7.47. The van der Waals surface area contributed by atoms with E-state index in [1.165, 1.54) is 0 Å². The third kappa shape index (κ3) is 3.13. The van der Waals surface area contributed by atoms with E-state index in [9.17, 15) is 4.79 Å². The first-order chi connectivity index (χ1) is 14.4. The molecular weight excluding hydrogens is 380 g/mol. The standard InChI is InChI=1S/C22H24N6O2/c1-13-9-27-12-18(24-20(27)8-23-13)17-7-16-5-6-19(25-21(16)30-22(17)29)28-11-14(2)26(4)10-15(28)3/h5-9,12,14-15H,10-11H2,1-4H3. The highest BCUT2D eigenvalue weighted by molar-refractivity contribution is 5.80. The molecule has 0 spiro atoms. The molecular formula is C22H24N6O2. The number of aromatic nitrogens is 4. The van der Waals surface area contributed by atoms with Gasteiger partial charge in [0.25, 0.3) is 0 Å². The van der Waals surface area contributed by atoms with Gasteiger partial charge >= 0.3 is 5.63 Å². The van der Waals surface area contributed by atoms with Crippen LogP contribution in [0.3, 0.4) is 0 Å². The lowest BCUT2D eigenvalue weighted by Gasteiger charge is -2.43. The Morgan fingerprint density at radius 3 is 2.77 bits per heavy atom. The molecule has 0 aromatic carbocycles. The van der Waals surface area contributed by atoms with Crippen LogP contribution in [0.5, 0.6) is 0 Å². The molecule has 2 unspecified atom stereocenters. The maximum absolute atomic E-state index is 12.7. The number of likely N-dealkylation sites (N-methyl/N-ethyl adjacent to an activating group) is 1. The Balaban J connectivity index is 1.54. The predicted molar refractivity (Wildman–Crippen MR) is 116 cm³/mol. The smallest absolute Gasteiger partial charge is 0.347 e. The van der Waals surface area contributed by atoms with E-state index in [4.69, 9.17) is 4.42 Å². The van der Waals surface area contributed by atoms with Crippen LogP contribution < -0.4 is 10.5 Å². The van der Waals surface area contributed by atoms with Crippen molar-refractivity contribution in [2.24, 2.45) is 0 Å². The molecule has 5 rings (SSSR count). The number of hydrogen-bond acceptors (Lipinski definition) is 7. The van der Waals surface area contributed by atoms with Gasteiger partial charge in [0, 0.05) is 43.0 Å². The monoisotopic (exact) mass is 404 g/mol. The average molecular weight is 404 g/mol. The van der Waals surface area contributed by atoms with Crippen molar-refractivity contribution in [3.8, 4) is 11.3 Å². The van der Waals surface area contributed by atoms with E-state index < -0.39 is 5.63 Å². The van der Waals surface area contributed by atoms with E-state index >= 15 is 0 Å².